The van der Waals surface area contributed by atoms with Crippen molar-refractivity contribution in [1.82, 2.24) is 9.62 Å². The van der Waals surface area contributed by atoms with Crippen LogP contribution in [-0.2, 0) is 27.4 Å². The van der Waals surface area contributed by atoms with E-state index in [2.05, 4.69) is 9.62 Å². The monoisotopic (exact) mass is 540 g/mol. The Morgan fingerprint density at radius 1 is 1.03 bits per heavy atom. The Morgan fingerprint density at radius 3 is 2.46 bits per heavy atom. The summed E-state index contributed by atoms with van der Waals surface area (Å²) in [5, 5.41) is -0.343. The van der Waals surface area contributed by atoms with Gasteiger partial charge in [-0.3, -0.25) is 0 Å². The molecule has 5 rings (SSSR count). The van der Waals surface area contributed by atoms with Gasteiger partial charge in [0.15, 0.2) is 0 Å². The first-order chi connectivity index (χ1) is 17.6. The lowest BCUT2D eigenvalue weighted by Gasteiger charge is -2.37. The molecule has 1 saturated carbocycles. The molecule has 2 aliphatic carbocycles. The highest BCUT2D eigenvalue weighted by atomic mass is 32.2. The van der Waals surface area contributed by atoms with Gasteiger partial charge in [0.25, 0.3) is 0 Å². The Kier molecular flexibility index (Phi) is 7.64. The lowest BCUT2D eigenvalue weighted by Crippen LogP contribution is -2.43. The zero-order chi connectivity index (χ0) is 26.2. The van der Waals surface area contributed by atoms with Crippen LogP contribution in [0.2, 0.25) is 0 Å². The summed E-state index contributed by atoms with van der Waals surface area (Å²) in [7, 11) is -3.37. The Bertz CT molecular complexity index is 1210. The Balaban J connectivity index is 1.37. The van der Waals surface area contributed by atoms with Crippen LogP contribution in [0.15, 0.2) is 42.5 Å². The largest absolute Gasteiger partial charge is 0.416 e. The second kappa shape index (κ2) is 10.6. The topological polar surface area (TPSA) is 58.6 Å². The van der Waals surface area contributed by atoms with E-state index in [-0.39, 0.29) is 30.2 Å². The highest BCUT2D eigenvalue weighted by molar-refractivity contribution is 7.90. The fourth-order valence-electron chi connectivity index (χ4n) is 5.66. The van der Waals surface area contributed by atoms with Crippen LogP contribution in [0.3, 0.4) is 0 Å². The zero-order valence-corrected chi connectivity index (χ0v) is 21.3. The number of rotatable bonds is 10. The van der Waals surface area contributed by atoms with Gasteiger partial charge in [0.1, 0.15) is 5.82 Å². The van der Waals surface area contributed by atoms with Crippen LogP contribution < -0.4 is 4.72 Å². The Hall–Kier alpha value is -2.01. The van der Waals surface area contributed by atoms with Gasteiger partial charge in [0.2, 0.25) is 10.0 Å². The average Bonchev–Trinajstić information content (AvgIpc) is 3.03. The van der Waals surface area contributed by atoms with Gasteiger partial charge in [0, 0.05) is 19.0 Å². The van der Waals surface area contributed by atoms with Crippen molar-refractivity contribution in [3.8, 4) is 0 Å². The summed E-state index contributed by atoms with van der Waals surface area (Å²) in [6.07, 6.45) is -1.20. The minimum atomic E-state index is -4.43. The van der Waals surface area contributed by atoms with Gasteiger partial charge in [-0.2, -0.15) is 13.2 Å². The number of likely N-dealkylation sites (tertiary alicyclic amines) is 1. The molecule has 0 amide bonds. The second-order valence-electron chi connectivity index (χ2n) is 10.4. The van der Waals surface area contributed by atoms with Crippen molar-refractivity contribution >= 4 is 10.0 Å². The number of benzene rings is 2. The number of hydrogen-bond acceptors (Lipinski definition) is 4. The molecule has 3 aliphatic rings. The van der Waals surface area contributed by atoms with Crippen LogP contribution >= 0.6 is 0 Å². The van der Waals surface area contributed by atoms with Gasteiger partial charge in [-0.05, 0) is 79.6 Å². The summed E-state index contributed by atoms with van der Waals surface area (Å²) in [6.45, 7) is 2.79. The summed E-state index contributed by atoms with van der Waals surface area (Å²) in [5.41, 5.74) is 1.46. The molecule has 3 unspecified atom stereocenters. The van der Waals surface area contributed by atoms with E-state index in [1.54, 1.807) is 12.1 Å². The smallest absolute Gasteiger partial charge is 0.372 e. The van der Waals surface area contributed by atoms with Gasteiger partial charge in [0.05, 0.1) is 23.5 Å². The molecule has 0 spiro atoms. The quantitative estimate of drug-likeness (QED) is 0.339. The molecule has 0 aromatic heterocycles. The number of halogens is 4. The molecule has 1 heterocycles. The molecular weight excluding hydrogens is 508 g/mol. The molecule has 0 radical (unpaired) electrons. The maximum atomic E-state index is 14.3. The first-order valence-corrected chi connectivity index (χ1v) is 14.4. The molecule has 0 bridgehead atoms. The molecule has 37 heavy (non-hydrogen) atoms. The number of alkyl halides is 3. The predicted molar refractivity (Wildman–Crippen MR) is 132 cm³/mol. The maximum Gasteiger partial charge on any atom is 0.416 e. The molecule has 10 heteroatoms. The predicted octanol–water partition coefficient (Wildman–Crippen LogP) is 5.04. The van der Waals surface area contributed by atoms with Crippen molar-refractivity contribution in [2.45, 2.75) is 55.6 Å². The Labute approximate surface area is 215 Å². The van der Waals surface area contributed by atoms with Crippen LogP contribution in [0.4, 0.5) is 17.6 Å². The minimum absolute atomic E-state index is 0.102. The number of ether oxygens (including phenoxy) is 1. The van der Waals surface area contributed by atoms with E-state index in [9.17, 15) is 26.0 Å². The second-order valence-corrected chi connectivity index (χ2v) is 12.4. The first-order valence-electron chi connectivity index (χ1n) is 12.9. The van der Waals surface area contributed by atoms with Crippen molar-refractivity contribution in [3.05, 3.63) is 70.5 Å². The lowest BCUT2D eigenvalue weighted by molar-refractivity contribution is -0.137. The van der Waals surface area contributed by atoms with E-state index in [1.165, 1.54) is 24.3 Å². The van der Waals surface area contributed by atoms with Crippen molar-refractivity contribution in [3.63, 3.8) is 0 Å². The average molecular weight is 541 g/mol. The summed E-state index contributed by atoms with van der Waals surface area (Å²) < 4.78 is 88.0. The van der Waals surface area contributed by atoms with Crippen LogP contribution in [0.1, 0.15) is 60.0 Å². The van der Waals surface area contributed by atoms with E-state index in [4.69, 9.17) is 4.74 Å². The van der Waals surface area contributed by atoms with E-state index in [0.717, 1.165) is 37.6 Å². The fraction of sp³-hybridized carbons (Fsp3) is 0.556. The summed E-state index contributed by atoms with van der Waals surface area (Å²) in [4.78, 5) is 2.28. The molecule has 5 nitrogen and oxygen atoms in total. The normalized spacial score (nSPS) is 24.5. The summed E-state index contributed by atoms with van der Waals surface area (Å²) in [6, 6.07) is 9.92. The Morgan fingerprint density at radius 2 is 1.81 bits per heavy atom. The molecule has 2 fully saturated rings. The van der Waals surface area contributed by atoms with E-state index in [1.807, 2.05) is 0 Å². The lowest BCUT2D eigenvalue weighted by atomic mass is 9.85. The van der Waals surface area contributed by atoms with Crippen molar-refractivity contribution in [2.24, 2.45) is 5.92 Å². The SMILES string of the molecule is O=S(=O)(NCCOC1c2cc(F)ccc2C(Cc2cccc(C(F)(F)F)c2)C1CN1CCC1)C1CCC1. The van der Waals surface area contributed by atoms with Crippen LogP contribution in [0, 0.1) is 11.7 Å². The molecule has 202 valence electrons. The molecule has 1 saturated heterocycles. The van der Waals surface area contributed by atoms with Gasteiger partial charge >= 0.3 is 6.18 Å². The number of nitrogens with one attached hydrogen (secondary N) is 1. The molecule has 3 atom stereocenters. The van der Waals surface area contributed by atoms with Gasteiger partial charge in [-0.1, -0.05) is 30.7 Å². The van der Waals surface area contributed by atoms with Gasteiger partial charge in [-0.25, -0.2) is 17.5 Å². The third kappa shape index (κ3) is 5.87. The molecule has 1 aliphatic heterocycles. The third-order valence-corrected chi connectivity index (χ3v) is 9.94. The van der Waals surface area contributed by atoms with Crippen molar-refractivity contribution in [2.75, 3.05) is 32.8 Å². The van der Waals surface area contributed by atoms with Crippen molar-refractivity contribution < 1.29 is 30.7 Å². The number of fused-ring (bicyclic) bond motifs is 1. The number of nitrogens with zero attached hydrogens (tertiary/aromatic N) is 1. The number of hydrogen-bond donors (Lipinski definition) is 1. The molecular formula is C27H32F4N2O3S. The van der Waals surface area contributed by atoms with Gasteiger partial charge in [-0.15, -0.1) is 0 Å². The third-order valence-electron chi connectivity index (χ3n) is 7.98. The highest BCUT2D eigenvalue weighted by Gasteiger charge is 2.43. The number of sulfonamides is 1. The van der Waals surface area contributed by atoms with Crippen LogP contribution in [-0.4, -0.2) is 51.4 Å². The summed E-state index contributed by atoms with van der Waals surface area (Å²) >= 11 is 0. The molecule has 1 N–H and O–H groups in total. The first kappa shape index (κ1) is 26.6. The maximum absolute atomic E-state index is 14.3. The minimum Gasteiger partial charge on any atom is -0.372 e. The highest BCUT2D eigenvalue weighted by Crippen LogP contribution is 2.49. The van der Waals surface area contributed by atoms with Crippen molar-refractivity contribution in [1.29, 1.82) is 0 Å². The molecule has 2 aromatic carbocycles. The zero-order valence-electron chi connectivity index (χ0n) is 20.5. The van der Waals surface area contributed by atoms with Gasteiger partial charge < -0.3 is 9.64 Å². The molecule has 2 aromatic rings. The summed E-state index contributed by atoms with van der Waals surface area (Å²) in [5.74, 6) is -0.660. The van der Waals surface area contributed by atoms with Crippen LogP contribution in [0.25, 0.3) is 0 Å². The van der Waals surface area contributed by atoms with E-state index < -0.39 is 33.7 Å². The standard InChI is InChI=1S/C27H32F4N2O3S/c28-20-8-9-22-23(15-18-4-1-5-19(14-18)27(29,30)31)25(17-33-11-3-12-33)26(24(22)16-20)36-13-10-32-37(34,35)21-6-2-7-21/h1,4-5,8-9,14,16,21,23,25-26,32H,2-3,6-7,10-13,15,17H2. The van der Waals surface area contributed by atoms with E-state index >= 15 is 0 Å². The van der Waals surface area contributed by atoms with E-state index in [0.29, 0.717) is 36.9 Å². The fourth-order valence-corrected chi connectivity index (χ4v) is 7.22. The van der Waals surface area contributed by atoms with Crippen LogP contribution in [0.5, 0.6) is 0 Å².